The summed E-state index contributed by atoms with van der Waals surface area (Å²) < 4.78 is 29.4. The van der Waals surface area contributed by atoms with Crippen LogP contribution in [0.1, 0.15) is 12.5 Å². The maximum Gasteiger partial charge on any atom is 0.256 e. The van der Waals surface area contributed by atoms with Crippen molar-refractivity contribution in [3.63, 3.8) is 0 Å². The van der Waals surface area contributed by atoms with Crippen LogP contribution in [0.5, 0.6) is 0 Å². The molecule has 4 rings (SSSR count). The van der Waals surface area contributed by atoms with Crippen LogP contribution in [0.15, 0.2) is 52.2 Å². The molecule has 1 aromatic carbocycles. The molecule has 0 unspecified atom stereocenters. The fourth-order valence-corrected chi connectivity index (χ4v) is 3.85. The van der Waals surface area contributed by atoms with Gasteiger partial charge in [-0.1, -0.05) is 23.7 Å². The zero-order valence-corrected chi connectivity index (χ0v) is 14.9. The standard InChI is InChI=1S/C16H14ClN5O2S/c1-11-8-15(16-20-25(23,24)7-6-21(16)19-11)12-2-4-14(5-3-12)22-10-13(17)9-18-22/h2-5,8-10H,6-7H2,1H3. The second-order valence-corrected chi connectivity index (χ2v) is 7.96. The fourth-order valence-electron chi connectivity index (χ4n) is 2.76. The van der Waals surface area contributed by atoms with Gasteiger partial charge in [0.15, 0.2) is 5.84 Å². The summed E-state index contributed by atoms with van der Waals surface area (Å²) >= 11 is 5.90. The van der Waals surface area contributed by atoms with Crippen LogP contribution in [-0.2, 0) is 10.0 Å². The van der Waals surface area contributed by atoms with Gasteiger partial charge in [0.05, 0.1) is 34.9 Å². The number of sulfonamides is 1. The van der Waals surface area contributed by atoms with E-state index in [9.17, 15) is 8.42 Å². The summed E-state index contributed by atoms with van der Waals surface area (Å²) in [6.07, 6.45) is 5.13. The predicted octanol–water partition coefficient (Wildman–Crippen LogP) is 2.34. The number of hydrogen-bond acceptors (Lipinski definition) is 5. The Kier molecular flexibility index (Phi) is 3.73. The lowest BCUT2D eigenvalue weighted by molar-refractivity contribution is 0.461. The highest BCUT2D eigenvalue weighted by Gasteiger charge is 2.29. The molecule has 2 aromatic rings. The van der Waals surface area contributed by atoms with Crippen molar-refractivity contribution >= 4 is 38.7 Å². The first-order valence-corrected chi connectivity index (χ1v) is 9.58. The molecule has 128 valence electrons. The molecule has 0 N–H and O–H groups in total. The molecular formula is C16H14ClN5O2S. The van der Waals surface area contributed by atoms with Crippen LogP contribution < -0.4 is 0 Å². The summed E-state index contributed by atoms with van der Waals surface area (Å²) in [4.78, 5) is 0. The van der Waals surface area contributed by atoms with E-state index in [1.807, 2.05) is 37.3 Å². The van der Waals surface area contributed by atoms with Crippen molar-refractivity contribution in [3.05, 3.63) is 53.3 Å². The molecule has 3 heterocycles. The number of allylic oxidation sites excluding steroid dienone is 1. The lowest BCUT2D eigenvalue weighted by atomic mass is 10.0. The van der Waals surface area contributed by atoms with Crippen molar-refractivity contribution in [2.24, 2.45) is 9.50 Å². The van der Waals surface area contributed by atoms with E-state index in [4.69, 9.17) is 11.6 Å². The molecule has 0 fully saturated rings. The monoisotopic (exact) mass is 375 g/mol. The van der Waals surface area contributed by atoms with Gasteiger partial charge in [0.1, 0.15) is 0 Å². The molecule has 0 aliphatic carbocycles. The quantitative estimate of drug-likeness (QED) is 0.806. The third-order valence-corrected chi connectivity index (χ3v) is 5.24. The lowest BCUT2D eigenvalue weighted by Crippen LogP contribution is -2.39. The van der Waals surface area contributed by atoms with Gasteiger partial charge in [-0.15, -0.1) is 4.40 Å². The Balaban J connectivity index is 1.75. The van der Waals surface area contributed by atoms with Gasteiger partial charge in [-0.25, -0.2) is 18.1 Å². The van der Waals surface area contributed by atoms with E-state index in [-0.39, 0.29) is 5.75 Å². The van der Waals surface area contributed by atoms with Crippen LogP contribution in [0.2, 0.25) is 5.02 Å². The maximum absolute atomic E-state index is 11.9. The summed E-state index contributed by atoms with van der Waals surface area (Å²) in [6, 6.07) is 7.58. The molecule has 0 atom stereocenters. The van der Waals surface area contributed by atoms with Crippen molar-refractivity contribution in [3.8, 4) is 5.69 Å². The van der Waals surface area contributed by atoms with Gasteiger partial charge in [0, 0.05) is 11.8 Å². The van der Waals surface area contributed by atoms with Gasteiger partial charge < -0.3 is 0 Å². The third-order valence-electron chi connectivity index (χ3n) is 3.90. The molecule has 7 nitrogen and oxygen atoms in total. The number of aromatic nitrogens is 2. The lowest BCUT2D eigenvalue weighted by Gasteiger charge is -2.29. The zero-order chi connectivity index (χ0) is 17.6. The smallest absolute Gasteiger partial charge is 0.245 e. The number of benzene rings is 1. The number of rotatable bonds is 2. The van der Waals surface area contributed by atoms with Gasteiger partial charge >= 0.3 is 0 Å². The number of amidine groups is 1. The van der Waals surface area contributed by atoms with E-state index in [1.54, 1.807) is 22.1 Å². The van der Waals surface area contributed by atoms with Crippen LogP contribution >= 0.6 is 11.6 Å². The van der Waals surface area contributed by atoms with Crippen LogP contribution in [0.4, 0.5) is 0 Å². The fraction of sp³-hybridized carbons (Fsp3) is 0.188. The average Bonchev–Trinajstić information content (AvgIpc) is 3.01. The topological polar surface area (TPSA) is 79.9 Å². The minimum absolute atomic E-state index is 0.0282. The van der Waals surface area contributed by atoms with Gasteiger partial charge in [0.25, 0.3) is 10.0 Å². The Morgan fingerprint density at radius 2 is 1.96 bits per heavy atom. The number of nitrogens with zero attached hydrogens (tertiary/aromatic N) is 5. The molecular weight excluding hydrogens is 362 g/mol. The highest BCUT2D eigenvalue weighted by atomic mass is 35.5. The van der Waals surface area contributed by atoms with E-state index in [0.29, 0.717) is 17.4 Å². The Hall–Kier alpha value is -2.45. The molecule has 25 heavy (non-hydrogen) atoms. The average molecular weight is 376 g/mol. The Morgan fingerprint density at radius 3 is 2.64 bits per heavy atom. The van der Waals surface area contributed by atoms with Gasteiger partial charge in [-0.05, 0) is 30.7 Å². The van der Waals surface area contributed by atoms with E-state index >= 15 is 0 Å². The Bertz CT molecular complexity index is 1030. The van der Waals surface area contributed by atoms with Crippen molar-refractivity contribution < 1.29 is 8.42 Å². The SMILES string of the molecule is CC1=NN2CCS(=O)(=O)N=C2C(c2ccc(-n3cc(Cl)cn3)cc2)=C1. The number of hydrogen-bond donors (Lipinski definition) is 0. The highest BCUT2D eigenvalue weighted by molar-refractivity contribution is 7.90. The van der Waals surface area contributed by atoms with E-state index < -0.39 is 10.0 Å². The first-order chi connectivity index (χ1) is 11.9. The number of fused-ring (bicyclic) bond motifs is 1. The van der Waals surface area contributed by atoms with E-state index in [1.165, 1.54) is 0 Å². The summed E-state index contributed by atoms with van der Waals surface area (Å²) in [5.74, 6) is 0.339. The minimum atomic E-state index is -3.45. The van der Waals surface area contributed by atoms with Crippen LogP contribution in [0, 0.1) is 0 Å². The summed E-state index contributed by atoms with van der Waals surface area (Å²) in [5, 5.41) is 10.7. The maximum atomic E-state index is 11.9. The minimum Gasteiger partial charge on any atom is -0.245 e. The van der Waals surface area contributed by atoms with E-state index in [2.05, 4.69) is 14.6 Å². The molecule has 0 amide bonds. The summed E-state index contributed by atoms with van der Waals surface area (Å²) in [7, 11) is -3.45. The molecule has 2 aliphatic heterocycles. The van der Waals surface area contributed by atoms with Gasteiger partial charge in [-0.3, -0.25) is 0 Å². The Labute approximate surface area is 150 Å². The van der Waals surface area contributed by atoms with Crippen LogP contribution in [0.3, 0.4) is 0 Å². The molecule has 1 aromatic heterocycles. The Morgan fingerprint density at radius 1 is 1.20 bits per heavy atom. The molecule has 0 saturated heterocycles. The zero-order valence-electron chi connectivity index (χ0n) is 13.3. The largest absolute Gasteiger partial charge is 0.256 e. The van der Waals surface area contributed by atoms with E-state index in [0.717, 1.165) is 22.5 Å². The first-order valence-electron chi connectivity index (χ1n) is 7.60. The molecule has 0 saturated carbocycles. The second kappa shape index (κ2) is 5.82. The molecule has 2 aliphatic rings. The van der Waals surface area contributed by atoms with Crippen molar-refractivity contribution in [2.75, 3.05) is 12.3 Å². The normalized spacial score (nSPS) is 19.0. The van der Waals surface area contributed by atoms with Crippen LogP contribution in [-0.4, -0.2) is 47.1 Å². The molecule has 0 spiro atoms. The molecule has 0 bridgehead atoms. The first kappa shape index (κ1) is 16.0. The molecule has 0 radical (unpaired) electrons. The highest BCUT2D eigenvalue weighted by Crippen LogP contribution is 2.26. The third kappa shape index (κ3) is 3.10. The predicted molar refractivity (Wildman–Crippen MR) is 97.6 cm³/mol. The number of hydrazone groups is 1. The second-order valence-electron chi connectivity index (χ2n) is 5.77. The van der Waals surface area contributed by atoms with Gasteiger partial charge in [-0.2, -0.15) is 10.2 Å². The molecule has 9 heteroatoms. The van der Waals surface area contributed by atoms with Crippen molar-refractivity contribution in [2.45, 2.75) is 6.92 Å². The van der Waals surface area contributed by atoms with Gasteiger partial charge in [0.2, 0.25) is 0 Å². The van der Waals surface area contributed by atoms with Crippen molar-refractivity contribution in [1.29, 1.82) is 0 Å². The van der Waals surface area contributed by atoms with Crippen LogP contribution in [0.25, 0.3) is 11.3 Å². The van der Waals surface area contributed by atoms with Crippen molar-refractivity contribution in [1.82, 2.24) is 14.8 Å². The number of halogens is 1. The summed E-state index contributed by atoms with van der Waals surface area (Å²) in [6.45, 7) is 2.18. The summed E-state index contributed by atoms with van der Waals surface area (Å²) in [5.41, 5.74) is 3.25.